The topological polar surface area (TPSA) is 42.0 Å². The van der Waals surface area contributed by atoms with Crippen LogP contribution in [0, 0.1) is 11.8 Å². The van der Waals surface area contributed by atoms with Crippen LogP contribution < -0.4 is 5.32 Å². The first kappa shape index (κ1) is 14.9. The van der Waals surface area contributed by atoms with E-state index < -0.39 is 35.0 Å². The van der Waals surface area contributed by atoms with Crippen LogP contribution in [0.1, 0.15) is 15.9 Å². The summed E-state index contributed by atoms with van der Waals surface area (Å²) in [6.45, 7) is 0. The lowest BCUT2D eigenvalue weighted by Crippen LogP contribution is -2.18. The van der Waals surface area contributed by atoms with Gasteiger partial charge in [0.05, 0.1) is 11.1 Å². The summed E-state index contributed by atoms with van der Waals surface area (Å²) in [5.74, 6) is -3.98. The number of hydrogen-bond acceptors (Lipinski definition) is 2. The molecule has 0 spiro atoms. The maximum absolute atomic E-state index is 13.7. The van der Waals surface area contributed by atoms with Gasteiger partial charge in [-0.05, 0) is 24.3 Å². The SMILES string of the molecule is O=C(Nc1cccc(F)n1)c1cccc(C(F)(F)F)c1F. The molecule has 0 saturated carbocycles. The Morgan fingerprint density at radius 2 is 1.71 bits per heavy atom. The van der Waals surface area contributed by atoms with Gasteiger partial charge in [0.1, 0.15) is 11.6 Å². The summed E-state index contributed by atoms with van der Waals surface area (Å²) in [7, 11) is 0. The Bertz CT molecular complexity index is 685. The highest BCUT2D eigenvalue weighted by Crippen LogP contribution is 2.32. The summed E-state index contributed by atoms with van der Waals surface area (Å²) in [6.07, 6.45) is -4.92. The number of anilines is 1. The number of aromatic nitrogens is 1. The molecule has 0 aliphatic carbocycles. The number of carbonyl (C=O) groups excluding carboxylic acids is 1. The summed E-state index contributed by atoms with van der Waals surface area (Å²) in [6, 6.07) is 5.78. The number of nitrogens with one attached hydrogen (secondary N) is 1. The predicted octanol–water partition coefficient (Wildman–Crippen LogP) is 3.63. The van der Waals surface area contributed by atoms with E-state index in [2.05, 4.69) is 4.98 Å². The Labute approximate surface area is 115 Å². The monoisotopic (exact) mass is 302 g/mol. The molecule has 0 aliphatic rings. The lowest BCUT2D eigenvalue weighted by atomic mass is 10.1. The van der Waals surface area contributed by atoms with E-state index in [1.165, 1.54) is 12.1 Å². The molecule has 1 aromatic heterocycles. The van der Waals surface area contributed by atoms with E-state index in [1.54, 1.807) is 0 Å². The van der Waals surface area contributed by atoms with Crippen LogP contribution in [0.5, 0.6) is 0 Å². The van der Waals surface area contributed by atoms with Crippen molar-refractivity contribution in [2.24, 2.45) is 0 Å². The summed E-state index contributed by atoms with van der Waals surface area (Å²) >= 11 is 0. The molecule has 3 nitrogen and oxygen atoms in total. The van der Waals surface area contributed by atoms with Gasteiger partial charge in [-0.2, -0.15) is 17.6 Å². The third-order valence-electron chi connectivity index (χ3n) is 2.51. The first-order valence-electron chi connectivity index (χ1n) is 5.58. The highest BCUT2D eigenvalue weighted by atomic mass is 19.4. The first-order valence-corrected chi connectivity index (χ1v) is 5.58. The van der Waals surface area contributed by atoms with Crippen LogP contribution >= 0.6 is 0 Å². The Kier molecular flexibility index (Phi) is 3.88. The fourth-order valence-electron chi connectivity index (χ4n) is 1.59. The van der Waals surface area contributed by atoms with E-state index in [9.17, 15) is 26.7 Å². The standard InChI is InChI=1S/C13H7F5N2O/c14-9-5-2-6-10(19-9)20-12(21)7-3-1-4-8(11(7)15)13(16,17)18/h1-6H,(H,19,20,21). The molecule has 8 heteroatoms. The largest absolute Gasteiger partial charge is 0.419 e. The Morgan fingerprint density at radius 1 is 1.05 bits per heavy atom. The number of nitrogens with zero attached hydrogens (tertiary/aromatic N) is 1. The molecule has 2 rings (SSSR count). The zero-order chi connectivity index (χ0) is 15.6. The van der Waals surface area contributed by atoms with Crippen molar-refractivity contribution in [1.82, 2.24) is 4.98 Å². The molecule has 2 aromatic rings. The number of amides is 1. The summed E-state index contributed by atoms with van der Waals surface area (Å²) in [4.78, 5) is 15.0. The minimum Gasteiger partial charge on any atom is -0.306 e. The molecular formula is C13H7F5N2O. The van der Waals surface area contributed by atoms with Crippen LogP contribution in [-0.4, -0.2) is 10.9 Å². The normalized spacial score (nSPS) is 11.3. The second kappa shape index (κ2) is 5.47. The quantitative estimate of drug-likeness (QED) is 0.680. The van der Waals surface area contributed by atoms with Crippen LogP contribution in [0.3, 0.4) is 0 Å². The lowest BCUT2D eigenvalue weighted by molar-refractivity contribution is -0.140. The van der Waals surface area contributed by atoms with Crippen molar-refractivity contribution >= 4 is 11.7 Å². The molecule has 110 valence electrons. The molecular weight excluding hydrogens is 295 g/mol. The average Bonchev–Trinajstić information content (AvgIpc) is 2.37. The molecule has 21 heavy (non-hydrogen) atoms. The van der Waals surface area contributed by atoms with Gasteiger partial charge in [0.15, 0.2) is 0 Å². The van der Waals surface area contributed by atoms with Crippen molar-refractivity contribution < 1.29 is 26.7 Å². The zero-order valence-electron chi connectivity index (χ0n) is 10.2. The third kappa shape index (κ3) is 3.33. The van der Waals surface area contributed by atoms with Crippen molar-refractivity contribution in [2.75, 3.05) is 5.32 Å². The van der Waals surface area contributed by atoms with Gasteiger partial charge in [-0.1, -0.05) is 12.1 Å². The third-order valence-corrected chi connectivity index (χ3v) is 2.51. The highest BCUT2D eigenvalue weighted by molar-refractivity contribution is 6.04. The van der Waals surface area contributed by atoms with E-state index >= 15 is 0 Å². The van der Waals surface area contributed by atoms with E-state index in [0.29, 0.717) is 6.07 Å². The Hall–Kier alpha value is -2.51. The van der Waals surface area contributed by atoms with Gasteiger partial charge in [-0.3, -0.25) is 4.79 Å². The van der Waals surface area contributed by atoms with Crippen molar-refractivity contribution in [3.05, 3.63) is 59.3 Å². The Balaban J connectivity index is 2.32. The summed E-state index contributed by atoms with van der Waals surface area (Å²) in [5, 5.41) is 2.02. The van der Waals surface area contributed by atoms with E-state index in [1.807, 2.05) is 5.32 Å². The molecule has 0 aliphatic heterocycles. The van der Waals surface area contributed by atoms with Crippen molar-refractivity contribution in [1.29, 1.82) is 0 Å². The molecule has 1 N–H and O–H groups in total. The van der Waals surface area contributed by atoms with Crippen molar-refractivity contribution in [3.63, 3.8) is 0 Å². The van der Waals surface area contributed by atoms with E-state index in [0.717, 1.165) is 18.2 Å². The number of carbonyl (C=O) groups is 1. The minimum absolute atomic E-state index is 0.239. The van der Waals surface area contributed by atoms with Crippen LogP contribution in [0.15, 0.2) is 36.4 Å². The van der Waals surface area contributed by atoms with Crippen LogP contribution in [0.4, 0.5) is 27.8 Å². The number of alkyl halides is 3. The predicted molar refractivity (Wildman–Crippen MR) is 63.6 cm³/mol. The van der Waals surface area contributed by atoms with Gasteiger partial charge in [-0.15, -0.1) is 0 Å². The summed E-state index contributed by atoms with van der Waals surface area (Å²) < 4.78 is 64.2. The molecule has 0 unspecified atom stereocenters. The van der Waals surface area contributed by atoms with Gasteiger partial charge in [0.2, 0.25) is 5.95 Å². The molecule has 0 saturated heterocycles. The second-order valence-electron chi connectivity index (χ2n) is 3.96. The van der Waals surface area contributed by atoms with Crippen LogP contribution in [-0.2, 0) is 6.18 Å². The second-order valence-corrected chi connectivity index (χ2v) is 3.96. The average molecular weight is 302 g/mol. The van der Waals surface area contributed by atoms with Crippen molar-refractivity contribution in [3.8, 4) is 0 Å². The summed E-state index contributed by atoms with van der Waals surface area (Å²) in [5.41, 5.74) is -2.36. The zero-order valence-corrected chi connectivity index (χ0v) is 10.2. The number of rotatable bonds is 2. The number of hydrogen-bond donors (Lipinski definition) is 1. The maximum Gasteiger partial charge on any atom is 0.419 e. The van der Waals surface area contributed by atoms with E-state index in [4.69, 9.17) is 0 Å². The first-order chi connectivity index (χ1) is 9.79. The number of pyridine rings is 1. The van der Waals surface area contributed by atoms with Gasteiger partial charge in [-0.25, -0.2) is 9.37 Å². The highest BCUT2D eigenvalue weighted by Gasteiger charge is 2.35. The number of benzene rings is 1. The molecule has 0 atom stereocenters. The van der Waals surface area contributed by atoms with Crippen LogP contribution in [0.2, 0.25) is 0 Å². The van der Waals surface area contributed by atoms with Gasteiger partial charge in [0, 0.05) is 0 Å². The Morgan fingerprint density at radius 3 is 2.33 bits per heavy atom. The molecule has 0 radical (unpaired) electrons. The van der Waals surface area contributed by atoms with Gasteiger partial charge >= 0.3 is 6.18 Å². The van der Waals surface area contributed by atoms with Crippen molar-refractivity contribution in [2.45, 2.75) is 6.18 Å². The smallest absolute Gasteiger partial charge is 0.306 e. The van der Waals surface area contributed by atoms with Gasteiger partial charge < -0.3 is 5.32 Å². The van der Waals surface area contributed by atoms with Crippen LogP contribution in [0.25, 0.3) is 0 Å². The molecule has 0 fully saturated rings. The fraction of sp³-hybridized carbons (Fsp3) is 0.0769. The lowest BCUT2D eigenvalue weighted by Gasteiger charge is -2.11. The maximum atomic E-state index is 13.7. The minimum atomic E-state index is -4.92. The molecule has 1 heterocycles. The van der Waals surface area contributed by atoms with Gasteiger partial charge in [0.25, 0.3) is 5.91 Å². The molecule has 0 bridgehead atoms. The molecule has 1 amide bonds. The molecule has 1 aromatic carbocycles. The number of halogens is 5. The van der Waals surface area contributed by atoms with E-state index in [-0.39, 0.29) is 5.82 Å². The fourth-order valence-corrected chi connectivity index (χ4v) is 1.59.